The van der Waals surface area contributed by atoms with E-state index in [-0.39, 0.29) is 11.9 Å². The van der Waals surface area contributed by atoms with E-state index < -0.39 is 0 Å². The molecular formula is C26H23N5OS. The van der Waals surface area contributed by atoms with Gasteiger partial charge in [0.15, 0.2) is 5.65 Å². The molecule has 0 aliphatic carbocycles. The van der Waals surface area contributed by atoms with Crippen LogP contribution in [0.15, 0.2) is 60.7 Å². The summed E-state index contributed by atoms with van der Waals surface area (Å²) in [5.41, 5.74) is 4.98. The highest BCUT2D eigenvalue weighted by atomic mass is 32.1. The van der Waals surface area contributed by atoms with Gasteiger partial charge >= 0.3 is 0 Å². The van der Waals surface area contributed by atoms with E-state index in [0.29, 0.717) is 5.56 Å². The molecule has 6 rings (SSSR count). The van der Waals surface area contributed by atoms with Gasteiger partial charge in [-0.2, -0.15) is 5.10 Å². The molecule has 1 fully saturated rings. The van der Waals surface area contributed by atoms with Crippen molar-refractivity contribution < 1.29 is 4.79 Å². The smallest absolute Gasteiger partial charge is 0.255 e. The SMILES string of the molecule is Cc1nn(C)c2nc(-c3ccccc3)cc(C(=O)N3CCCC3c3nc4ccccc4s3)c12. The number of hydrogen-bond acceptors (Lipinski definition) is 5. The number of amides is 1. The summed E-state index contributed by atoms with van der Waals surface area (Å²) in [5, 5.41) is 6.42. The van der Waals surface area contributed by atoms with Crippen LogP contribution in [-0.2, 0) is 7.05 Å². The molecule has 2 aromatic carbocycles. The molecule has 3 aromatic heterocycles. The molecule has 4 heterocycles. The topological polar surface area (TPSA) is 63.9 Å². The van der Waals surface area contributed by atoms with Crippen molar-refractivity contribution >= 4 is 38.5 Å². The van der Waals surface area contributed by atoms with E-state index in [4.69, 9.17) is 9.97 Å². The molecule has 33 heavy (non-hydrogen) atoms. The van der Waals surface area contributed by atoms with Crippen molar-refractivity contribution in [2.24, 2.45) is 7.05 Å². The Morgan fingerprint density at radius 2 is 1.85 bits per heavy atom. The lowest BCUT2D eigenvalue weighted by molar-refractivity contribution is 0.0737. The van der Waals surface area contributed by atoms with Crippen molar-refractivity contribution in [1.29, 1.82) is 0 Å². The number of pyridine rings is 1. The van der Waals surface area contributed by atoms with Crippen LogP contribution in [0.25, 0.3) is 32.5 Å². The van der Waals surface area contributed by atoms with Gasteiger partial charge in [-0.05, 0) is 38.0 Å². The van der Waals surface area contributed by atoms with Crippen LogP contribution < -0.4 is 0 Å². The first kappa shape index (κ1) is 20.1. The minimum Gasteiger partial charge on any atom is -0.329 e. The number of nitrogens with zero attached hydrogens (tertiary/aromatic N) is 5. The van der Waals surface area contributed by atoms with Gasteiger partial charge in [-0.3, -0.25) is 9.48 Å². The Morgan fingerprint density at radius 3 is 2.67 bits per heavy atom. The number of likely N-dealkylation sites (tertiary alicyclic amines) is 1. The number of thiazole rings is 1. The summed E-state index contributed by atoms with van der Waals surface area (Å²) >= 11 is 1.69. The quantitative estimate of drug-likeness (QED) is 0.360. The Kier molecular flexibility index (Phi) is 4.73. The third-order valence-corrected chi connectivity index (χ3v) is 7.52. The first-order valence-corrected chi connectivity index (χ1v) is 12.0. The summed E-state index contributed by atoms with van der Waals surface area (Å²) in [6, 6.07) is 20.1. The van der Waals surface area contributed by atoms with Crippen molar-refractivity contribution in [3.8, 4) is 11.3 Å². The van der Waals surface area contributed by atoms with Crippen LogP contribution in [0, 0.1) is 6.92 Å². The van der Waals surface area contributed by atoms with Crippen molar-refractivity contribution in [3.63, 3.8) is 0 Å². The highest BCUT2D eigenvalue weighted by Crippen LogP contribution is 2.38. The first-order chi connectivity index (χ1) is 16.1. The number of hydrogen-bond donors (Lipinski definition) is 0. The number of carbonyl (C=O) groups is 1. The van der Waals surface area contributed by atoms with Gasteiger partial charge in [-0.15, -0.1) is 11.3 Å². The first-order valence-electron chi connectivity index (χ1n) is 11.2. The van der Waals surface area contributed by atoms with E-state index in [2.05, 4.69) is 11.2 Å². The van der Waals surface area contributed by atoms with Crippen LogP contribution in [-0.4, -0.2) is 37.1 Å². The lowest BCUT2D eigenvalue weighted by Crippen LogP contribution is -2.30. The summed E-state index contributed by atoms with van der Waals surface area (Å²) < 4.78 is 2.93. The number of benzene rings is 2. The fourth-order valence-electron chi connectivity index (χ4n) is 4.82. The second-order valence-corrected chi connectivity index (χ2v) is 9.57. The Hall–Kier alpha value is -3.58. The molecule has 1 amide bonds. The van der Waals surface area contributed by atoms with Crippen LogP contribution in [0.3, 0.4) is 0 Å². The normalized spacial score (nSPS) is 16.2. The third-order valence-electron chi connectivity index (χ3n) is 6.38. The van der Waals surface area contributed by atoms with Gasteiger partial charge in [0.25, 0.3) is 5.91 Å². The maximum atomic E-state index is 14.0. The van der Waals surface area contributed by atoms with Gasteiger partial charge in [0.05, 0.1) is 38.6 Å². The van der Waals surface area contributed by atoms with Gasteiger partial charge in [-0.1, -0.05) is 42.5 Å². The molecular weight excluding hydrogens is 430 g/mol. The van der Waals surface area contributed by atoms with E-state index >= 15 is 0 Å². The molecule has 0 radical (unpaired) electrons. The number of rotatable bonds is 3. The zero-order chi connectivity index (χ0) is 22.5. The highest BCUT2D eigenvalue weighted by Gasteiger charge is 2.34. The number of aromatic nitrogens is 4. The molecule has 7 heteroatoms. The molecule has 5 aromatic rings. The molecule has 1 saturated heterocycles. The maximum absolute atomic E-state index is 14.0. The highest BCUT2D eigenvalue weighted by molar-refractivity contribution is 7.18. The standard InChI is InChI=1S/C26H23N5OS/c1-16-23-18(15-20(17-9-4-3-5-10-17)27-24(23)30(2)29-16)26(32)31-14-8-12-21(31)25-28-19-11-6-7-13-22(19)33-25/h3-7,9-11,13,15,21H,8,12,14H2,1-2H3. The monoisotopic (exact) mass is 453 g/mol. The molecule has 1 atom stereocenters. The number of aryl methyl sites for hydroxylation is 2. The van der Waals surface area contributed by atoms with E-state index in [9.17, 15) is 4.79 Å². The second-order valence-electron chi connectivity index (χ2n) is 8.51. The largest absolute Gasteiger partial charge is 0.329 e. The average molecular weight is 454 g/mol. The fraction of sp³-hybridized carbons (Fsp3) is 0.231. The fourth-order valence-corrected chi connectivity index (χ4v) is 5.94. The minimum atomic E-state index is -0.00438. The maximum Gasteiger partial charge on any atom is 0.255 e. The molecule has 0 spiro atoms. The van der Waals surface area contributed by atoms with Crippen molar-refractivity contribution in [2.75, 3.05) is 6.54 Å². The molecule has 0 N–H and O–H groups in total. The second kappa shape index (κ2) is 7.78. The summed E-state index contributed by atoms with van der Waals surface area (Å²) in [4.78, 5) is 25.8. The Labute approximate surface area is 195 Å². The van der Waals surface area contributed by atoms with Gasteiger partial charge in [0.1, 0.15) is 5.01 Å². The molecule has 164 valence electrons. The molecule has 0 bridgehead atoms. The number of carbonyl (C=O) groups excluding carboxylic acids is 1. The molecule has 0 saturated carbocycles. The van der Waals surface area contributed by atoms with Gasteiger partial charge in [-0.25, -0.2) is 9.97 Å². The summed E-state index contributed by atoms with van der Waals surface area (Å²) in [6.07, 6.45) is 1.90. The number of fused-ring (bicyclic) bond motifs is 2. The zero-order valence-corrected chi connectivity index (χ0v) is 19.3. The van der Waals surface area contributed by atoms with Crippen LogP contribution in [0.2, 0.25) is 0 Å². The van der Waals surface area contributed by atoms with E-state index in [0.717, 1.165) is 62.6 Å². The van der Waals surface area contributed by atoms with E-state index in [1.165, 1.54) is 0 Å². The van der Waals surface area contributed by atoms with Crippen molar-refractivity contribution in [2.45, 2.75) is 25.8 Å². The molecule has 1 aliphatic rings. The van der Waals surface area contributed by atoms with Crippen LogP contribution in [0.4, 0.5) is 0 Å². The van der Waals surface area contributed by atoms with Crippen molar-refractivity contribution in [3.05, 3.63) is 76.9 Å². The average Bonchev–Trinajstić information content (AvgIpc) is 3.56. The van der Waals surface area contributed by atoms with Gasteiger partial charge in [0, 0.05) is 19.2 Å². The Balaban J connectivity index is 1.47. The Bertz CT molecular complexity index is 1470. The summed E-state index contributed by atoms with van der Waals surface area (Å²) in [6.45, 7) is 2.67. The van der Waals surface area contributed by atoms with Gasteiger partial charge < -0.3 is 4.90 Å². The Morgan fingerprint density at radius 1 is 1.06 bits per heavy atom. The predicted molar refractivity (Wildman–Crippen MR) is 131 cm³/mol. The lowest BCUT2D eigenvalue weighted by Gasteiger charge is -2.24. The molecule has 6 nitrogen and oxygen atoms in total. The van der Waals surface area contributed by atoms with E-state index in [1.807, 2.05) is 73.5 Å². The minimum absolute atomic E-state index is 0.00438. The zero-order valence-electron chi connectivity index (χ0n) is 18.5. The number of para-hydroxylation sites is 1. The van der Waals surface area contributed by atoms with Gasteiger partial charge in [0.2, 0.25) is 0 Å². The molecule has 1 unspecified atom stereocenters. The summed E-state index contributed by atoms with van der Waals surface area (Å²) in [7, 11) is 1.88. The van der Waals surface area contributed by atoms with Crippen LogP contribution >= 0.6 is 11.3 Å². The predicted octanol–water partition coefficient (Wildman–Crippen LogP) is 5.53. The third kappa shape index (κ3) is 3.31. The molecule has 1 aliphatic heterocycles. The lowest BCUT2D eigenvalue weighted by atomic mass is 10.0. The van der Waals surface area contributed by atoms with Crippen LogP contribution in [0.5, 0.6) is 0 Å². The summed E-state index contributed by atoms with van der Waals surface area (Å²) in [5.74, 6) is 0.0254. The van der Waals surface area contributed by atoms with Crippen LogP contribution in [0.1, 0.15) is 39.9 Å². The van der Waals surface area contributed by atoms with Crippen molar-refractivity contribution in [1.82, 2.24) is 24.6 Å². The van der Waals surface area contributed by atoms with E-state index in [1.54, 1.807) is 16.0 Å².